The first-order valence-electron chi connectivity index (χ1n) is 13.5. The Morgan fingerprint density at radius 2 is 0.870 bits per heavy atom. The highest BCUT2D eigenvalue weighted by Gasteiger charge is 2.14. The molecule has 2 rings (SSSR count). The van der Waals surface area contributed by atoms with Crippen molar-refractivity contribution in [2.45, 2.75) is 51.9 Å². The number of carbonyl (C=O) groups is 3. The van der Waals surface area contributed by atoms with Crippen molar-refractivity contribution in [1.82, 2.24) is 15.0 Å². The van der Waals surface area contributed by atoms with Crippen molar-refractivity contribution in [1.29, 1.82) is 32.5 Å². The molecule has 20 heteroatoms. The van der Waals surface area contributed by atoms with Gasteiger partial charge in [-0.25, -0.2) is 0 Å². The molecule has 0 fully saturated rings. The summed E-state index contributed by atoms with van der Waals surface area (Å²) in [6.07, 6.45) is 0.527. The number of anilines is 3. The van der Waals surface area contributed by atoms with Crippen LogP contribution in [0.15, 0.2) is 18.2 Å². The van der Waals surface area contributed by atoms with Crippen molar-refractivity contribution >= 4 is 70.5 Å². The Kier molecular flexibility index (Phi) is 15.0. The minimum atomic E-state index is -0.533. The van der Waals surface area contributed by atoms with Crippen LogP contribution >= 0.6 is 0 Å². The lowest BCUT2D eigenvalue weighted by Crippen LogP contribution is -2.22. The van der Waals surface area contributed by atoms with Gasteiger partial charge in [-0.3, -0.25) is 57.4 Å². The van der Waals surface area contributed by atoms with Crippen LogP contribution in [0.3, 0.4) is 0 Å². The second-order valence-corrected chi connectivity index (χ2v) is 9.63. The van der Waals surface area contributed by atoms with E-state index in [1.165, 1.54) is 0 Å². The molecule has 20 nitrogen and oxygen atoms in total. The van der Waals surface area contributed by atoms with Crippen LogP contribution in [0.4, 0.5) is 17.8 Å². The van der Waals surface area contributed by atoms with E-state index >= 15 is 0 Å². The number of hydrogen-bond donors (Lipinski definition) is 14. The Balaban J connectivity index is 0.000000587. The minimum Gasteiger partial charge on any atom is -0.388 e. The van der Waals surface area contributed by atoms with Gasteiger partial charge in [-0.05, 0) is 37.1 Å². The maximum Gasteiger partial charge on any atom is 0.236 e. The Labute approximate surface area is 263 Å². The Bertz CT molecular complexity index is 1410. The maximum absolute atomic E-state index is 12.0. The summed E-state index contributed by atoms with van der Waals surface area (Å²) in [5.74, 6) is -2.77. The predicted octanol–water partition coefficient (Wildman–Crippen LogP) is -0.132. The lowest BCUT2D eigenvalue weighted by Gasteiger charge is -2.10. The Morgan fingerprint density at radius 1 is 0.543 bits per heavy atom. The van der Waals surface area contributed by atoms with E-state index in [2.05, 4.69) is 30.9 Å². The van der Waals surface area contributed by atoms with Crippen molar-refractivity contribution in [3.05, 3.63) is 34.9 Å². The van der Waals surface area contributed by atoms with Crippen LogP contribution in [0, 0.1) is 32.5 Å². The number of benzene rings is 1. The van der Waals surface area contributed by atoms with Crippen LogP contribution in [0.2, 0.25) is 0 Å². The van der Waals surface area contributed by atoms with Gasteiger partial charge in [0, 0.05) is 55.4 Å². The first-order valence-corrected chi connectivity index (χ1v) is 13.5. The molecule has 3 amide bonds. The first-order chi connectivity index (χ1) is 21.5. The molecular weight excluding hydrogens is 598 g/mol. The smallest absolute Gasteiger partial charge is 0.236 e. The number of hydrogen-bond acceptors (Lipinski definition) is 12. The molecule has 46 heavy (non-hydrogen) atoms. The maximum atomic E-state index is 12.0. The highest BCUT2D eigenvalue weighted by Crippen LogP contribution is 2.12. The van der Waals surface area contributed by atoms with Crippen molar-refractivity contribution in [2.75, 3.05) is 16.0 Å². The van der Waals surface area contributed by atoms with Gasteiger partial charge >= 0.3 is 0 Å². The molecule has 1 aromatic carbocycles. The molecule has 19 N–H and O–H groups in total. The van der Waals surface area contributed by atoms with Crippen LogP contribution in [-0.2, 0) is 14.4 Å². The number of amidine groups is 5. The Morgan fingerprint density at radius 3 is 1.17 bits per heavy atom. The SMILES string of the molecule is CC(=N)c1cc(C(=N)N)cc(C(=N)N)c1.N=C(N)CCCC(=O)Nc1nc(NC(=O)CCC(=N)N)nc(NC(=O)CCC(=N)N)n1. The average molecular weight is 638 g/mol. The van der Waals surface area contributed by atoms with Crippen molar-refractivity contribution in [3.8, 4) is 0 Å². The zero-order valence-electron chi connectivity index (χ0n) is 25.1. The van der Waals surface area contributed by atoms with Gasteiger partial charge in [0.1, 0.15) is 11.7 Å². The number of carbonyl (C=O) groups excluding carboxylic acids is 3. The van der Waals surface area contributed by atoms with Crippen LogP contribution in [0.5, 0.6) is 0 Å². The number of aromatic nitrogens is 3. The molecule has 1 aromatic heterocycles. The average Bonchev–Trinajstić information content (AvgIpc) is 2.94. The van der Waals surface area contributed by atoms with Gasteiger partial charge in [0.15, 0.2) is 0 Å². The number of amides is 3. The fourth-order valence-corrected chi connectivity index (χ4v) is 3.20. The summed E-state index contributed by atoms with van der Waals surface area (Å²) < 4.78 is 0. The summed E-state index contributed by atoms with van der Waals surface area (Å²) in [5, 5.41) is 50.8. The molecule has 0 aliphatic heterocycles. The third-order valence-electron chi connectivity index (χ3n) is 5.47. The third kappa shape index (κ3) is 15.2. The van der Waals surface area contributed by atoms with E-state index < -0.39 is 17.7 Å². The summed E-state index contributed by atoms with van der Waals surface area (Å²) >= 11 is 0. The molecule has 0 spiro atoms. The molecular formula is C26H39N17O3. The number of nitrogens with two attached hydrogens (primary N) is 5. The van der Waals surface area contributed by atoms with Crippen LogP contribution in [0.25, 0.3) is 0 Å². The van der Waals surface area contributed by atoms with Crippen LogP contribution in [-0.4, -0.2) is 67.6 Å². The van der Waals surface area contributed by atoms with Gasteiger partial charge in [0.25, 0.3) is 0 Å². The molecule has 0 unspecified atom stereocenters. The van der Waals surface area contributed by atoms with E-state index in [4.69, 9.17) is 61.1 Å². The summed E-state index contributed by atoms with van der Waals surface area (Å²) in [7, 11) is 0. The molecule has 0 atom stereocenters. The topological polar surface area (TPSA) is 399 Å². The lowest BCUT2D eigenvalue weighted by molar-refractivity contribution is -0.117. The molecule has 0 radical (unpaired) electrons. The van der Waals surface area contributed by atoms with E-state index in [1.807, 2.05) is 0 Å². The van der Waals surface area contributed by atoms with Crippen LogP contribution in [0.1, 0.15) is 68.6 Å². The van der Waals surface area contributed by atoms with Gasteiger partial charge in [0.2, 0.25) is 35.6 Å². The fourth-order valence-electron chi connectivity index (χ4n) is 3.20. The highest BCUT2D eigenvalue weighted by atomic mass is 16.2. The zero-order valence-corrected chi connectivity index (χ0v) is 25.1. The number of rotatable bonds is 16. The normalized spacial score (nSPS) is 9.93. The van der Waals surface area contributed by atoms with E-state index in [0.29, 0.717) is 28.8 Å². The molecule has 0 bridgehead atoms. The van der Waals surface area contributed by atoms with Gasteiger partial charge in [-0.1, -0.05) is 0 Å². The van der Waals surface area contributed by atoms with Crippen LogP contribution < -0.4 is 44.6 Å². The minimum absolute atomic E-state index is 0.0330. The third-order valence-corrected chi connectivity index (χ3v) is 5.47. The largest absolute Gasteiger partial charge is 0.388 e. The number of nitrogens with zero attached hydrogens (tertiary/aromatic N) is 3. The molecule has 0 aliphatic carbocycles. The summed E-state index contributed by atoms with van der Waals surface area (Å²) in [6, 6.07) is 4.84. The summed E-state index contributed by atoms with van der Waals surface area (Å²) in [6.45, 7) is 1.63. The van der Waals surface area contributed by atoms with E-state index in [9.17, 15) is 14.4 Å². The van der Waals surface area contributed by atoms with Gasteiger partial charge < -0.3 is 34.1 Å². The summed E-state index contributed by atoms with van der Waals surface area (Å²) in [5.41, 5.74) is 28.3. The molecule has 0 saturated heterocycles. The Hall–Kier alpha value is -6.34. The fraction of sp³-hybridized carbons (Fsp3) is 0.308. The summed E-state index contributed by atoms with van der Waals surface area (Å²) in [4.78, 5) is 47.7. The number of nitrogens with one attached hydrogen (secondary N) is 9. The molecule has 1 heterocycles. The quantitative estimate of drug-likeness (QED) is 0.0848. The van der Waals surface area contributed by atoms with E-state index in [1.54, 1.807) is 25.1 Å². The zero-order chi connectivity index (χ0) is 35.0. The van der Waals surface area contributed by atoms with Crippen molar-refractivity contribution in [3.63, 3.8) is 0 Å². The standard InChI is InChI=1S/C16H26N12O3.C10H13N5/c17-8(18)2-1-3-11(29)23-14-26-15(24-12(30)6-4-9(19)20)28-16(27-14)25-13(31)7-5-10(21)22;1-5(11)6-2-7(9(12)13)4-8(3-6)10(14)15/h1-7H2,(H3,17,18)(H3,19,20)(H3,21,22)(H3,23,24,25,26,27,28,29,30,31);2-4,11H,1H3,(H3,12,13)(H3,14,15). The molecule has 2 aromatic rings. The number of nitrogen functional groups attached to an aromatic ring is 2. The predicted molar refractivity (Wildman–Crippen MR) is 175 cm³/mol. The van der Waals surface area contributed by atoms with Crippen molar-refractivity contribution in [2.24, 2.45) is 28.7 Å². The van der Waals surface area contributed by atoms with Gasteiger partial charge in [-0.2, -0.15) is 15.0 Å². The highest BCUT2D eigenvalue weighted by molar-refractivity contribution is 6.05. The van der Waals surface area contributed by atoms with E-state index in [0.717, 1.165) is 0 Å². The van der Waals surface area contributed by atoms with Crippen molar-refractivity contribution < 1.29 is 14.4 Å². The van der Waals surface area contributed by atoms with Gasteiger partial charge in [-0.15, -0.1) is 0 Å². The molecule has 0 aliphatic rings. The first kappa shape index (κ1) is 37.7. The molecule has 0 saturated carbocycles. The monoisotopic (exact) mass is 637 g/mol. The second-order valence-electron chi connectivity index (χ2n) is 9.63. The van der Waals surface area contributed by atoms with E-state index in [-0.39, 0.29) is 85.5 Å². The lowest BCUT2D eigenvalue weighted by atomic mass is 10.0. The second kappa shape index (κ2) is 18.4. The molecule has 246 valence electrons. The van der Waals surface area contributed by atoms with Gasteiger partial charge in [0.05, 0.1) is 17.5 Å².